The van der Waals surface area contributed by atoms with Crippen molar-refractivity contribution in [1.29, 1.82) is 0 Å². The highest BCUT2D eigenvalue weighted by atomic mass is 16.7. The van der Waals surface area contributed by atoms with E-state index in [1.54, 1.807) is 28.4 Å². The first kappa shape index (κ1) is 20.1. The molecule has 0 N–H and O–H groups in total. The predicted molar refractivity (Wildman–Crippen MR) is 110 cm³/mol. The van der Waals surface area contributed by atoms with Gasteiger partial charge in [0.25, 0.3) is 0 Å². The summed E-state index contributed by atoms with van der Waals surface area (Å²) in [6.45, 7) is 1.37. The zero-order valence-electron chi connectivity index (χ0n) is 18.0. The van der Waals surface area contributed by atoms with Crippen molar-refractivity contribution in [3.63, 3.8) is 0 Å². The molecule has 0 aliphatic carbocycles. The van der Waals surface area contributed by atoms with Crippen LogP contribution in [0.5, 0.6) is 34.5 Å². The summed E-state index contributed by atoms with van der Waals surface area (Å²) in [5, 5.41) is 0. The summed E-state index contributed by atoms with van der Waals surface area (Å²) >= 11 is 0. The van der Waals surface area contributed by atoms with Gasteiger partial charge < -0.3 is 37.9 Å². The van der Waals surface area contributed by atoms with Gasteiger partial charge in [0.05, 0.1) is 53.9 Å². The van der Waals surface area contributed by atoms with E-state index in [4.69, 9.17) is 37.9 Å². The normalized spacial score (nSPS) is 25.9. The van der Waals surface area contributed by atoms with Crippen LogP contribution < -0.4 is 28.4 Å². The fourth-order valence-corrected chi connectivity index (χ4v) is 4.81. The molecular weight excluding hydrogens is 404 g/mol. The lowest BCUT2D eigenvalue weighted by Gasteiger charge is -2.20. The number of fused-ring (bicyclic) bond motifs is 2. The Morgan fingerprint density at radius 2 is 1.23 bits per heavy atom. The molecule has 0 saturated carbocycles. The summed E-state index contributed by atoms with van der Waals surface area (Å²) in [6.07, 6.45) is -0.236. The highest BCUT2D eigenvalue weighted by Gasteiger charge is 2.48. The van der Waals surface area contributed by atoms with E-state index < -0.39 is 0 Å². The summed E-state index contributed by atoms with van der Waals surface area (Å²) in [6, 6.07) is 7.84. The van der Waals surface area contributed by atoms with Crippen LogP contribution in [0.25, 0.3) is 0 Å². The Morgan fingerprint density at radius 1 is 0.677 bits per heavy atom. The Balaban J connectivity index is 1.44. The molecule has 4 atom stereocenters. The summed E-state index contributed by atoms with van der Waals surface area (Å²) < 4.78 is 45.6. The van der Waals surface area contributed by atoms with Crippen LogP contribution in [0, 0.1) is 11.8 Å². The smallest absolute Gasteiger partial charge is 0.231 e. The highest BCUT2D eigenvalue weighted by Crippen LogP contribution is 2.54. The quantitative estimate of drug-likeness (QED) is 0.689. The molecule has 0 amide bonds. The average molecular weight is 430 g/mol. The number of benzene rings is 2. The summed E-state index contributed by atoms with van der Waals surface area (Å²) in [5.41, 5.74) is 1.98. The van der Waals surface area contributed by atoms with Crippen molar-refractivity contribution < 1.29 is 37.9 Å². The van der Waals surface area contributed by atoms with Crippen LogP contribution >= 0.6 is 0 Å². The molecule has 0 bridgehead atoms. The lowest BCUT2D eigenvalue weighted by Crippen LogP contribution is -2.15. The zero-order chi connectivity index (χ0) is 21.5. The third kappa shape index (κ3) is 3.21. The molecule has 2 fully saturated rings. The molecule has 3 aliphatic heterocycles. The Morgan fingerprint density at radius 3 is 1.77 bits per heavy atom. The molecular formula is C23H26O8. The van der Waals surface area contributed by atoms with Gasteiger partial charge in [0.2, 0.25) is 18.3 Å². The number of hydrogen-bond acceptors (Lipinski definition) is 8. The monoisotopic (exact) mass is 430 g/mol. The lowest BCUT2D eigenvalue weighted by atomic mass is 9.84. The largest absolute Gasteiger partial charge is 0.493 e. The fourth-order valence-electron chi connectivity index (χ4n) is 4.81. The van der Waals surface area contributed by atoms with Crippen molar-refractivity contribution in [3.05, 3.63) is 35.4 Å². The standard InChI is InChI=1S/C23H26O8/c1-24-16-5-12(6-17(25-2)22(16)27-4)20-14-9-29-21(15(14)10-28-20)13-7-18(26-3)23-19(8-13)30-11-31-23/h5-8,14-15,20-21H,9-11H2,1-4H3/t14-,15-,20-,21+/m0/s1. The van der Waals surface area contributed by atoms with E-state index in [9.17, 15) is 0 Å². The molecule has 0 unspecified atom stereocenters. The zero-order valence-corrected chi connectivity index (χ0v) is 18.0. The Bertz CT molecular complexity index is 949. The highest BCUT2D eigenvalue weighted by molar-refractivity contribution is 5.56. The van der Waals surface area contributed by atoms with Gasteiger partial charge in [-0.25, -0.2) is 0 Å². The number of ether oxygens (including phenoxy) is 8. The van der Waals surface area contributed by atoms with E-state index in [2.05, 4.69) is 0 Å². The molecule has 3 heterocycles. The number of hydrogen-bond donors (Lipinski definition) is 0. The van der Waals surface area contributed by atoms with Gasteiger partial charge in [-0.2, -0.15) is 0 Å². The second-order valence-electron chi connectivity index (χ2n) is 7.75. The van der Waals surface area contributed by atoms with Crippen molar-refractivity contribution >= 4 is 0 Å². The molecule has 166 valence electrons. The third-order valence-corrected chi connectivity index (χ3v) is 6.29. The van der Waals surface area contributed by atoms with Crippen LogP contribution in [0.2, 0.25) is 0 Å². The maximum atomic E-state index is 6.26. The fraction of sp³-hybridized carbons (Fsp3) is 0.478. The van der Waals surface area contributed by atoms with Gasteiger partial charge in [0.15, 0.2) is 23.0 Å². The Labute approximate surface area is 180 Å². The molecule has 0 radical (unpaired) electrons. The van der Waals surface area contributed by atoms with Crippen LogP contribution in [0.3, 0.4) is 0 Å². The second kappa shape index (κ2) is 8.01. The minimum atomic E-state index is -0.125. The first-order chi connectivity index (χ1) is 15.2. The van der Waals surface area contributed by atoms with Crippen molar-refractivity contribution in [3.8, 4) is 34.5 Å². The van der Waals surface area contributed by atoms with Gasteiger partial charge >= 0.3 is 0 Å². The molecule has 31 heavy (non-hydrogen) atoms. The van der Waals surface area contributed by atoms with E-state index in [1.165, 1.54) is 0 Å². The van der Waals surface area contributed by atoms with Gasteiger partial charge in [-0.1, -0.05) is 0 Å². The van der Waals surface area contributed by atoms with E-state index in [-0.39, 0.29) is 30.8 Å². The second-order valence-corrected chi connectivity index (χ2v) is 7.75. The van der Waals surface area contributed by atoms with Gasteiger partial charge in [0.1, 0.15) is 0 Å². The molecule has 8 heteroatoms. The number of rotatable bonds is 6. The summed E-state index contributed by atoms with van der Waals surface area (Å²) in [7, 11) is 6.44. The first-order valence-electron chi connectivity index (χ1n) is 10.2. The molecule has 2 aromatic rings. The topological polar surface area (TPSA) is 73.8 Å². The van der Waals surface area contributed by atoms with Crippen molar-refractivity contribution in [2.24, 2.45) is 11.8 Å². The Hall–Kier alpha value is -2.84. The van der Waals surface area contributed by atoms with Gasteiger partial charge in [-0.3, -0.25) is 0 Å². The summed E-state index contributed by atoms with van der Waals surface area (Å²) in [5.74, 6) is 4.16. The Kier molecular flexibility index (Phi) is 5.19. The third-order valence-electron chi connectivity index (χ3n) is 6.29. The molecule has 8 nitrogen and oxygen atoms in total. The first-order valence-corrected chi connectivity index (χ1v) is 10.2. The predicted octanol–water partition coefficient (Wildman–Crippen LogP) is 3.52. The minimum Gasteiger partial charge on any atom is -0.493 e. The van der Waals surface area contributed by atoms with Crippen molar-refractivity contribution in [2.45, 2.75) is 12.2 Å². The van der Waals surface area contributed by atoms with E-state index >= 15 is 0 Å². The average Bonchev–Trinajstić information content (AvgIpc) is 3.53. The molecule has 0 aromatic heterocycles. The molecule has 3 aliphatic rings. The van der Waals surface area contributed by atoms with Crippen LogP contribution in [0.1, 0.15) is 23.3 Å². The van der Waals surface area contributed by atoms with Crippen LogP contribution in [0.4, 0.5) is 0 Å². The van der Waals surface area contributed by atoms with Gasteiger partial charge in [0, 0.05) is 11.8 Å². The van der Waals surface area contributed by atoms with Crippen LogP contribution in [-0.4, -0.2) is 48.4 Å². The summed E-state index contributed by atoms with van der Waals surface area (Å²) in [4.78, 5) is 0. The number of methoxy groups -OCH3 is 4. The maximum absolute atomic E-state index is 6.26. The van der Waals surface area contributed by atoms with Crippen molar-refractivity contribution in [1.82, 2.24) is 0 Å². The van der Waals surface area contributed by atoms with Gasteiger partial charge in [-0.15, -0.1) is 0 Å². The van der Waals surface area contributed by atoms with E-state index in [0.717, 1.165) is 11.1 Å². The minimum absolute atomic E-state index is 0.111. The van der Waals surface area contributed by atoms with E-state index in [1.807, 2.05) is 24.3 Å². The van der Waals surface area contributed by atoms with Gasteiger partial charge in [-0.05, 0) is 35.4 Å². The van der Waals surface area contributed by atoms with E-state index in [0.29, 0.717) is 47.7 Å². The molecule has 0 spiro atoms. The SMILES string of the molecule is COc1cc([C@@H]2OC[C@H]3[C@@H]2CO[C@@H]3c2cc(OC)c3c(c2)OCO3)cc(OC)c1OC. The molecule has 2 saturated heterocycles. The molecule has 2 aromatic carbocycles. The van der Waals surface area contributed by atoms with Crippen LogP contribution in [0.15, 0.2) is 24.3 Å². The maximum Gasteiger partial charge on any atom is 0.231 e. The van der Waals surface area contributed by atoms with Crippen molar-refractivity contribution in [2.75, 3.05) is 48.4 Å². The molecule has 5 rings (SSSR count). The van der Waals surface area contributed by atoms with Crippen LogP contribution in [-0.2, 0) is 9.47 Å². The lowest BCUT2D eigenvalue weighted by molar-refractivity contribution is 0.0190.